The number of nitrogens with zero attached hydrogens (tertiary/aromatic N) is 1. The Morgan fingerprint density at radius 3 is 2.50 bits per heavy atom. The third kappa shape index (κ3) is 2.14. The first-order chi connectivity index (χ1) is 9.58. The Morgan fingerprint density at radius 1 is 1.05 bits per heavy atom. The Bertz CT molecular complexity index is 768. The molecule has 102 valence electrons. The molecule has 2 aromatic carbocycles. The third-order valence-corrected chi connectivity index (χ3v) is 5.15. The fourth-order valence-electron chi connectivity index (χ4n) is 2.57. The van der Waals surface area contributed by atoms with Crippen LogP contribution < -0.4 is 4.57 Å². The maximum absolute atomic E-state index is 2.35. The Labute approximate surface area is 124 Å². The van der Waals surface area contributed by atoms with Crippen LogP contribution >= 0.6 is 11.3 Å². The van der Waals surface area contributed by atoms with E-state index in [9.17, 15) is 0 Å². The number of hydrogen-bond donors (Lipinski definition) is 0. The van der Waals surface area contributed by atoms with Gasteiger partial charge < -0.3 is 0 Å². The van der Waals surface area contributed by atoms with Gasteiger partial charge in [-0.2, -0.15) is 4.57 Å². The van der Waals surface area contributed by atoms with E-state index in [1.54, 1.807) is 0 Å². The van der Waals surface area contributed by atoms with Gasteiger partial charge >= 0.3 is 0 Å². The molecule has 1 heterocycles. The molecule has 20 heavy (non-hydrogen) atoms. The first-order valence-corrected chi connectivity index (χ1v) is 7.88. The van der Waals surface area contributed by atoms with Crippen LogP contribution in [0.5, 0.6) is 0 Å². The summed E-state index contributed by atoms with van der Waals surface area (Å²) in [5.74, 6) is 0.564. The van der Waals surface area contributed by atoms with Crippen LogP contribution in [0.25, 0.3) is 20.8 Å². The second-order valence-electron chi connectivity index (χ2n) is 5.66. The summed E-state index contributed by atoms with van der Waals surface area (Å²) in [6.45, 7) is 6.70. The highest BCUT2D eigenvalue weighted by Crippen LogP contribution is 2.32. The average molecular weight is 282 g/mol. The zero-order valence-corrected chi connectivity index (χ0v) is 13.3. The van der Waals surface area contributed by atoms with Crippen LogP contribution in [0.4, 0.5) is 0 Å². The minimum Gasteiger partial charge on any atom is -0.184 e. The summed E-state index contributed by atoms with van der Waals surface area (Å²) in [5, 5.41) is 1.34. The largest absolute Gasteiger partial charge is 0.270 e. The summed E-state index contributed by atoms with van der Waals surface area (Å²) >= 11 is 1.87. The standard InChI is InChI=1S/C18H20NS/c1-12(2)14-10-9-13(3)15(11-14)18-19(4)16-7-5-6-8-17(16)20-18/h5-12H,1-4H3/q+1. The zero-order valence-electron chi connectivity index (χ0n) is 12.5. The fraction of sp³-hybridized carbons (Fsp3) is 0.278. The first kappa shape index (κ1) is 13.3. The molecule has 0 N–H and O–H groups in total. The lowest BCUT2D eigenvalue weighted by Gasteiger charge is -2.08. The molecule has 3 rings (SSSR count). The smallest absolute Gasteiger partial charge is 0.184 e. The molecule has 0 saturated carbocycles. The van der Waals surface area contributed by atoms with Crippen molar-refractivity contribution in [1.29, 1.82) is 0 Å². The third-order valence-electron chi connectivity index (χ3n) is 3.90. The van der Waals surface area contributed by atoms with Gasteiger partial charge in [0, 0.05) is 6.07 Å². The highest BCUT2D eigenvalue weighted by atomic mass is 32.1. The molecular weight excluding hydrogens is 262 g/mol. The van der Waals surface area contributed by atoms with Crippen LogP contribution in [0, 0.1) is 6.92 Å². The van der Waals surface area contributed by atoms with Crippen LogP contribution in [0.1, 0.15) is 30.9 Å². The Balaban J connectivity index is 2.25. The molecule has 0 unspecified atom stereocenters. The van der Waals surface area contributed by atoms with Gasteiger partial charge in [-0.05, 0) is 36.1 Å². The summed E-state index contributed by atoms with van der Waals surface area (Å²) < 4.78 is 3.66. The quantitative estimate of drug-likeness (QED) is 0.593. The van der Waals surface area contributed by atoms with Gasteiger partial charge in [0.15, 0.2) is 0 Å². The number of thiazole rings is 1. The van der Waals surface area contributed by atoms with Crippen LogP contribution in [0.15, 0.2) is 42.5 Å². The summed E-state index contributed by atoms with van der Waals surface area (Å²) in [6, 6.07) is 15.5. The molecule has 0 atom stereocenters. The lowest BCUT2D eigenvalue weighted by molar-refractivity contribution is -0.629. The Morgan fingerprint density at radius 2 is 1.80 bits per heavy atom. The summed E-state index contributed by atoms with van der Waals surface area (Å²) in [6.07, 6.45) is 0. The van der Waals surface area contributed by atoms with Gasteiger partial charge in [-0.3, -0.25) is 0 Å². The van der Waals surface area contributed by atoms with Crippen molar-refractivity contribution in [3.05, 3.63) is 53.6 Å². The molecule has 1 aromatic heterocycles. The zero-order chi connectivity index (χ0) is 14.3. The van der Waals surface area contributed by atoms with Crippen molar-refractivity contribution in [2.24, 2.45) is 7.05 Å². The van der Waals surface area contributed by atoms with Gasteiger partial charge in [-0.15, -0.1) is 0 Å². The lowest BCUT2D eigenvalue weighted by atomic mass is 9.98. The molecule has 0 aliphatic heterocycles. The maximum Gasteiger partial charge on any atom is 0.270 e. The van der Waals surface area contributed by atoms with Crippen LogP contribution in [-0.4, -0.2) is 0 Å². The van der Waals surface area contributed by atoms with E-state index in [2.05, 4.69) is 74.9 Å². The van der Waals surface area contributed by atoms with Gasteiger partial charge in [-0.1, -0.05) is 49.4 Å². The van der Waals surface area contributed by atoms with Crippen molar-refractivity contribution >= 4 is 21.6 Å². The molecule has 1 nitrogen and oxygen atoms in total. The minimum absolute atomic E-state index is 0.564. The van der Waals surface area contributed by atoms with Crippen molar-refractivity contribution in [1.82, 2.24) is 0 Å². The molecule has 0 radical (unpaired) electrons. The molecule has 3 aromatic rings. The minimum atomic E-state index is 0.564. The van der Waals surface area contributed by atoms with Crippen molar-refractivity contribution in [2.45, 2.75) is 26.7 Å². The molecule has 0 aliphatic rings. The molecule has 0 saturated heterocycles. The number of aromatic nitrogens is 1. The predicted molar refractivity (Wildman–Crippen MR) is 87.3 cm³/mol. The van der Waals surface area contributed by atoms with Crippen molar-refractivity contribution in [3.63, 3.8) is 0 Å². The van der Waals surface area contributed by atoms with Crippen molar-refractivity contribution < 1.29 is 4.57 Å². The van der Waals surface area contributed by atoms with Gasteiger partial charge in [0.05, 0.1) is 5.56 Å². The SMILES string of the molecule is Cc1ccc(C(C)C)cc1-c1sc2ccccc2[n+]1C. The fourth-order valence-corrected chi connectivity index (χ4v) is 3.80. The van der Waals surface area contributed by atoms with Crippen LogP contribution in [-0.2, 0) is 7.05 Å². The average Bonchev–Trinajstić information content (AvgIpc) is 2.77. The van der Waals surface area contributed by atoms with Crippen LogP contribution in [0.2, 0.25) is 0 Å². The van der Waals surface area contributed by atoms with E-state index in [1.165, 1.54) is 31.9 Å². The molecule has 0 fully saturated rings. The summed E-state index contributed by atoms with van der Waals surface area (Å²) in [7, 11) is 2.16. The molecule has 0 spiro atoms. The molecular formula is C18H20NS+. The van der Waals surface area contributed by atoms with E-state index in [4.69, 9.17) is 0 Å². The number of hydrogen-bond acceptors (Lipinski definition) is 1. The van der Waals surface area contributed by atoms with E-state index in [1.807, 2.05) is 11.3 Å². The highest BCUT2D eigenvalue weighted by Gasteiger charge is 2.20. The van der Waals surface area contributed by atoms with E-state index < -0.39 is 0 Å². The number of fused-ring (bicyclic) bond motifs is 1. The summed E-state index contributed by atoms with van der Waals surface area (Å²) in [5.41, 5.74) is 5.42. The first-order valence-electron chi connectivity index (χ1n) is 7.06. The number of para-hydroxylation sites is 1. The summed E-state index contributed by atoms with van der Waals surface area (Å²) in [4.78, 5) is 0. The molecule has 0 amide bonds. The van der Waals surface area contributed by atoms with Crippen molar-refractivity contribution in [2.75, 3.05) is 0 Å². The molecule has 0 bridgehead atoms. The second kappa shape index (κ2) is 5.02. The van der Waals surface area contributed by atoms with Gasteiger partial charge in [-0.25, -0.2) is 0 Å². The number of aryl methyl sites for hydroxylation is 2. The normalized spacial score (nSPS) is 11.4. The number of rotatable bonds is 2. The Hall–Kier alpha value is -1.67. The van der Waals surface area contributed by atoms with E-state index in [0.717, 1.165) is 0 Å². The predicted octanol–water partition coefficient (Wildman–Crippen LogP) is 4.82. The van der Waals surface area contributed by atoms with Gasteiger partial charge in [0.1, 0.15) is 11.7 Å². The van der Waals surface area contributed by atoms with E-state index >= 15 is 0 Å². The van der Waals surface area contributed by atoms with Crippen molar-refractivity contribution in [3.8, 4) is 10.6 Å². The molecule has 2 heteroatoms. The van der Waals surface area contributed by atoms with E-state index in [0.29, 0.717) is 5.92 Å². The van der Waals surface area contributed by atoms with Crippen LogP contribution in [0.3, 0.4) is 0 Å². The second-order valence-corrected chi connectivity index (χ2v) is 6.69. The topological polar surface area (TPSA) is 3.88 Å². The lowest BCUT2D eigenvalue weighted by Crippen LogP contribution is -2.28. The van der Waals surface area contributed by atoms with Gasteiger partial charge in [0.25, 0.3) is 5.01 Å². The van der Waals surface area contributed by atoms with Gasteiger partial charge in [0.2, 0.25) is 5.52 Å². The Kier molecular flexibility index (Phi) is 3.35. The molecule has 0 aliphatic carbocycles. The highest BCUT2D eigenvalue weighted by molar-refractivity contribution is 7.21. The van der Waals surface area contributed by atoms with E-state index in [-0.39, 0.29) is 0 Å². The number of benzene rings is 2. The monoisotopic (exact) mass is 282 g/mol. The maximum atomic E-state index is 2.35.